The molecule has 0 unspecified atom stereocenters. The van der Waals surface area contributed by atoms with Crippen molar-refractivity contribution in [2.45, 2.75) is 25.6 Å². The minimum absolute atomic E-state index is 0.315. The van der Waals surface area contributed by atoms with Crippen LogP contribution in [-0.2, 0) is 6.54 Å². The van der Waals surface area contributed by atoms with Gasteiger partial charge >= 0.3 is 0 Å². The lowest BCUT2D eigenvalue weighted by Gasteiger charge is -1.98. The maximum atomic E-state index is 5.31. The quantitative estimate of drug-likeness (QED) is 0.719. The van der Waals surface area contributed by atoms with Crippen LogP contribution in [0.15, 0.2) is 9.64 Å². The molecule has 4 nitrogen and oxygen atoms in total. The Bertz CT molecular complexity index is 236. The van der Waals surface area contributed by atoms with Gasteiger partial charge in [0.15, 0.2) is 0 Å². The van der Waals surface area contributed by atoms with Gasteiger partial charge in [-0.25, -0.2) is 0 Å². The van der Waals surface area contributed by atoms with Gasteiger partial charge in [-0.3, -0.25) is 0 Å². The van der Waals surface area contributed by atoms with Crippen molar-refractivity contribution in [2.75, 3.05) is 5.75 Å². The van der Waals surface area contributed by atoms with Gasteiger partial charge in [-0.15, -0.1) is 10.2 Å². The van der Waals surface area contributed by atoms with Gasteiger partial charge in [0.1, 0.15) is 0 Å². The molecule has 1 aromatic heterocycles. The summed E-state index contributed by atoms with van der Waals surface area (Å²) in [7, 11) is 0. The highest BCUT2D eigenvalue weighted by Gasteiger charge is 2.05. The molecule has 0 bridgehead atoms. The zero-order valence-corrected chi connectivity index (χ0v) is 8.10. The van der Waals surface area contributed by atoms with Crippen LogP contribution in [0.2, 0.25) is 0 Å². The van der Waals surface area contributed by atoms with Crippen LogP contribution in [-0.4, -0.2) is 16.0 Å². The van der Waals surface area contributed by atoms with Gasteiger partial charge in [-0.05, 0) is 5.92 Å². The highest BCUT2D eigenvalue weighted by Crippen LogP contribution is 2.18. The maximum Gasteiger partial charge on any atom is 0.276 e. The third kappa shape index (κ3) is 2.83. The molecule has 1 rings (SSSR count). The summed E-state index contributed by atoms with van der Waals surface area (Å²) in [4.78, 5) is 0. The number of thioether (sulfide) groups is 1. The molecule has 0 fully saturated rings. The Labute approximate surface area is 75.9 Å². The van der Waals surface area contributed by atoms with E-state index in [1.807, 2.05) is 0 Å². The summed E-state index contributed by atoms with van der Waals surface area (Å²) < 4.78 is 5.20. The van der Waals surface area contributed by atoms with E-state index in [4.69, 9.17) is 10.2 Å². The molecule has 0 radical (unpaired) electrons. The van der Waals surface area contributed by atoms with E-state index in [1.54, 1.807) is 11.8 Å². The molecule has 0 aliphatic heterocycles. The van der Waals surface area contributed by atoms with Crippen LogP contribution >= 0.6 is 11.8 Å². The standard InChI is InChI=1S/C7H13N3OS/c1-5(2)4-12-7-10-9-6(3-8)11-7/h5H,3-4,8H2,1-2H3. The topological polar surface area (TPSA) is 64.9 Å². The summed E-state index contributed by atoms with van der Waals surface area (Å²) in [6.45, 7) is 4.61. The van der Waals surface area contributed by atoms with E-state index in [-0.39, 0.29) is 0 Å². The van der Waals surface area contributed by atoms with Crippen molar-refractivity contribution in [1.82, 2.24) is 10.2 Å². The molecule has 0 aliphatic carbocycles. The summed E-state index contributed by atoms with van der Waals surface area (Å²) >= 11 is 1.57. The minimum atomic E-state index is 0.315. The molecule has 12 heavy (non-hydrogen) atoms. The Morgan fingerprint density at radius 3 is 2.75 bits per heavy atom. The number of nitrogens with zero attached hydrogens (tertiary/aromatic N) is 2. The number of hydrogen-bond donors (Lipinski definition) is 1. The Hall–Kier alpha value is -0.550. The first-order chi connectivity index (χ1) is 5.72. The molecule has 68 valence electrons. The zero-order valence-electron chi connectivity index (χ0n) is 7.28. The normalized spacial score (nSPS) is 11.0. The van der Waals surface area contributed by atoms with Crippen LogP contribution in [0.1, 0.15) is 19.7 Å². The van der Waals surface area contributed by atoms with Gasteiger partial charge in [-0.1, -0.05) is 25.6 Å². The van der Waals surface area contributed by atoms with Gasteiger partial charge in [-0.2, -0.15) is 0 Å². The van der Waals surface area contributed by atoms with E-state index >= 15 is 0 Å². The third-order valence-electron chi connectivity index (χ3n) is 1.16. The zero-order chi connectivity index (χ0) is 8.97. The first-order valence-electron chi connectivity index (χ1n) is 3.87. The first-order valence-corrected chi connectivity index (χ1v) is 4.86. The SMILES string of the molecule is CC(C)CSc1nnc(CN)o1. The van der Waals surface area contributed by atoms with Gasteiger partial charge in [0, 0.05) is 5.75 Å². The van der Waals surface area contributed by atoms with E-state index in [0.29, 0.717) is 23.6 Å². The van der Waals surface area contributed by atoms with Crippen LogP contribution in [0.4, 0.5) is 0 Å². The average Bonchev–Trinajstić information content (AvgIpc) is 2.48. The lowest BCUT2D eigenvalue weighted by Crippen LogP contribution is -1.95. The fourth-order valence-corrected chi connectivity index (χ4v) is 1.35. The van der Waals surface area contributed by atoms with E-state index in [0.717, 1.165) is 5.75 Å². The Balaban J connectivity index is 2.41. The summed E-state index contributed by atoms with van der Waals surface area (Å²) in [5.41, 5.74) is 5.31. The van der Waals surface area contributed by atoms with E-state index in [9.17, 15) is 0 Å². The number of hydrogen-bond acceptors (Lipinski definition) is 5. The molecule has 0 atom stereocenters. The van der Waals surface area contributed by atoms with Crippen molar-refractivity contribution in [3.8, 4) is 0 Å². The van der Waals surface area contributed by atoms with E-state index < -0.39 is 0 Å². The molecular formula is C7H13N3OS. The Morgan fingerprint density at radius 2 is 2.25 bits per heavy atom. The van der Waals surface area contributed by atoms with Crippen molar-refractivity contribution in [3.05, 3.63) is 5.89 Å². The smallest absolute Gasteiger partial charge is 0.276 e. The second-order valence-corrected chi connectivity index (χ2v) is 3.84. The van der Waals surface area contributed by atoms with Crippen molar-refractivity contribution in [3.63, 3.8) is 0 Å². The predicted molar refractivity (Wildman–Crippen MR) is 47.8 cm³/mol. The van der Waals surface area contributed by atoms with E-state index in [1.165, 1.54) is 0 Å². The Kier molecular flexibility index (Phi) is 3.55. The highest BCUT2D eigenvalue weighted by atomic mass is 32.2. The maximum absolute atomic E-state index is 5.31. The van der Waals surface area contributed by atoms with E-state index in [2.05, 4.69) is 24.0 Å². The molecule has 0 saturated carbocycles. The lowest BCUT2D eigenvalue weighted by atomic mass is 10.3. The molecule has 5 heteroatoms. The highest BCUT2D eigenvalue weighted by molar-refractivity contribution is 7.99. The molecule has 1 aromatic rings. The van der Waals surface area contributed by atoms with Gasteiger partial charge in [0.25, 0.3) is 5.22 Å². The van der Waals surface area contributed by atoms with Crippen molar-refractivity contribution < 1.29 is 4.42 Å². The van der Waals surface area contributed by atoms with Gasteiger partial charge in [0.2, 0.25) is 5.89 Å². The molecule has 0 aromatic carbocycles. The summed E-state index contributed by atoms with van der Waals surface area (Å²) in [6, 6.07) is 0. The largest absolute Gasteiger partial charge is 0.415 e. The van der Waals surface area contributed by atoms with Crippen molar-refractivity contribution in [2.24, 2.45) is 11.7 Å². The van der Waals surface area contributed by atoms with Crippen LogP contribution in [0, 0.1) is 5.92 Å². The molecule has 0 spiro atoms. The van der Waals surface area contributed by atoms with Crippen molar-refractivity contribution >= 4 is 11.8 Å². The van der Waals surface area contributed by atoms with Crippen LogP contribution in [0.3, 0.4) is 0 Å². The molecule has 0 aliphatic rings. The summed E-state index contributed by atoms with van der Waals surface area (Å²) in [6.07, 6.45) is 0. The first kappa shape index (κ1) is 9.54. The monoisotopic (exact) mass is 187 g/mol. The fraction of sp³-hybridized carbons (Fsp3) is 0.714. The second kappa shape index (κ2) is 4.47. The van der Waals surface area contributed by atoms with Crippen molar-refractivity contribution in [1.29, 1.82) is 0 Å². The number of nitrogens with two attached hydrogens (primary N) is 1. The van der Waals surface area contributed by atoms with Gasteiger partial charge in [0.05, 0.1) is 6.54 Å². The third-order valence-corrected chi connectivity index (χ3v) is 2.41. The molecule has 0 amide bonds. The lowest BCUT2D eigenvalue weighted by molar-refractivity contribution is 0.414. The molecule has 1 heterocycles. The van der Waals surface area contributed by atoms with Gasteiger partial charge < -0.3 is 10.2 Å². The Morgan fingerprint density at radius 1 is 1.50 bits per heavy atom. The average molecular weight is 187 g/mol. The second-order valence-electron chi connectivity index (χ2n) is 2.87. The minimum Gasteiger partial charge on any atom is -0.415 e. The predicted octanol–water partition coefficient (Wildman–Crippen LogP) is 1.28. The summed E-state index contributed by atoms with van der Waals surface area (Å²) in [5.74, 6) is 2.12. The molecule has 0 saturated heterocycles. The number of rotatable bonds is 4. The van der Waals surface area contributed by atoms with Crippen LogP contribution in [0.25, 0.3) is 0 Å². The number of aromatic nitrogens is 2. The molecule has 2 N–H and O–H groups in total. The fourth-order valence-electron chi connectivity index (χ4n) is 0.617. The summed E-state index contributed by atoms with van der Waals surface area (Å²) in [5, 5.41) is 8.19. The van der Waals surface area contributed by atoms with Crippen LogP contribution < -0.4 is 5.73 Å². The van der Waals surface area contributed by atoms with Crippen LogP contribution in [0.5, 0.6) is 0 Å². The molecular weight excluding hydrogens is 174 g/mol.